The number of carbonyl (C=O) groups excluding carboxylic acids is 1. The van der Waals surface area contributed by atoms with Crippen LogP contribution in [0.25, 0.3) is 0 Å². The van der Waals surface area contributed by atoms with Crippen LogP contribution < -0.4 is 0 Å². The monoisotopic (exact) mass is 402 g/mol. The summed E-state index contributed by atoms with van der Waals surface area (Å²) in [6.07, 6.45) is 31.4. The Labute approximate surface area is 176 Å². The fourth-order valence-corrected chi connectivity index (χ4v) is 2.15. The smallest absolute Gasteiger partial charge is 0.306 e. The van der Waals surface area contributed by atoms with E-state index in [0.717, 1.165) is 38.5 Å². The molecule has 0 aromatic carbocycles. The van der Waals surface area contributed by atoms with Crippen LogP contribution in [-0.2, 0) is 9.53 Å². The fraction of sp³-hybridized carbons (Fsp3) is 0.480. The van der Waals surface area contributed by atoms with Gasteiger partial charge in [0, 0.05) is 6.42 Å². The van der Waals surface area contributed by atoms with Gasteiger partial charge in [-0.15, -0.1) is 0 Å². The zero-order chi connectivity index (χ0) is 21.4. The summed E-state index contributed by atoms with van der Waals surface area (Å²) in [7, 11) is 0. The number of ether oxygens (including phenoxy) is 1. The number of hydrogen-bond acceptors (Lipinski definition) is 4. The van der Waals surface area contributed by atoms with Gasteiger partial charge in [-0.1, -0.05) is 79.8 Å². The second kappa shape index (κ2) is 22.1. The first-order chi connectivity index (χ1) is 14.2. The highest BCUT2D eigenvalue weighted by Crippen LogP contribution is 1.99. The van der Waals surface area contributed by atoms with Gasteiger partial charge < -0.3 is 14.9 Å². The molecule has 0 amide bonds. The molecule has 2 N–H and O–H groups in total. The van der Waals surface area contributed by atoms with Gasteiger partial charge in [0.1, 0.15) is 12.7 Å². The lowest BCUT2D eigenvalue weighted by molar-refractivity contribution is -0.147. The molecule has 0 bridgehead atoms. The first kappa shape index (κ1) is 26.8. The molecule has 0 unspecified atom stereocenters. The standard InChI is InChI=1S/C25H38O4/c1-2-3-4-5-6-7-8-9-10-11-12-13-14-15-16-17-18-19-20-21-25(28)29-23-24(27)22-26/h3-4,6-7,9-10,12-13,15-16,18-19,24,26-27H,2,5,8,11,14,17,20-23H2,1H3/b4-3+,7-6+,10-9+,13-12+,16-15+,19-18+/t24-/m0/s1. The van der Waals surface area contributed by atoms with Crippen molar-refractivity contribution in [1.82, 2.24) is 0 Å². The van der Waals surface area contributed by atoms with E-state index in [2.05, 4.69) is 67.7 Å². The average Bonchev–Trinajstić information content (AvgIpc) is 2.73. The van der Waals surface area contributed by atoms with E-state index in [1.54, 1.807) is 0 Å². The molecule has 0 aliphatic carbocycles. The van der Waals surface area contributed by atoms with Crippen molar-refractivity contribution < 1.29 is 19.7 Å². The van der Waals surface area contributed by atoms with Crippen molar-refractivity contribution in [3.8, 4) is 0 Å². The van der Waals surface area contributed by atoms with Crippen LogP contribution in [0.2, 0.25) is 0 Å². The Morgan fingerprint density at radius 3 is 1.59 bits per heavy atom. The molecule has 0 fully saturated rings. The molecule has 0 rings (SSSR count). The zero-order valence-corrected chi connectivity index (χ0v) is 17.8. The molecule has 0 radical (unpaired) electrons. The Balaban J connectivity index is 3.58. The summed E-state index contributed by atoms with van der Waals surface area (Å²) < 4.78 is 4.82. The van der Waals surface area contributed by atoms with Crippen LogP contribution in [0.3, 0.4) is 0 Å². The van der Waals surface area contributed by atoms with E-state index in [1.165, 1.54) is 0 Å². The van der Waals surface area contributed by atoms with E-state index in [4.69, 9.17) is 14.9 Å². The maximum Gasteiger partial charge on any atom is 0.306 e. The molecule has 0 aliphatic heterocycles. The topological polar surface area (TPSA) is 66.8 Å². The largest absolute Gasteiger partial charge is 0.463 e. The molecule has 1 atom stereocenters. The molecule has 0 aliphatic rings. The predicted octanol–water partition coefficient (Wildman–Crippen LogP) is 5.36. The number of allylic oxidation sites excluding steroid dienone is 12. The van der Waals surface area contributed by atoms with Crippen molar-refractivity contribution in [1.29, 1.82) is 0 Å². The number of esters is 1. The Morgan fingerprint density at radius 1 is 0.759 bits per heavy atom. The molecule has 0 saturated heterocycles. The molecule has 0 aromatic rings. The third-order valence-electron chi connectivity index (χ3n) is 3.76. The molecular weight excluding hydrogens is 364 g/mol. The van der Waals surface area contributed by atoms with Crippen molar-refractivity contribution in [2.75, 3.05) is 13.2 Å². The Hall–Kier alpha value is -2.17. The summed E-state index contributed by atoms with van der Waals surface area (Å²) in [4.78, 5) is 11.4. The Bertz CT molecular complexity index is 553. The molecule has 162 valence electrons. The lowest BCUT2D eigenvalue weighted by Crippen LogP contribution is -2.21. The van der Waals surface area contributed by atoms with Gasteiger partial charge in [0.05, 0.1) is 6.61 Å². The normalized spacial score (nSPS) is 13.9. The highest BCUT2D eigenvalue weighted by Gasteiger charge is 2.06. The molecule has 4 heteroatoms. The number of hydrogen-bond donors (Lipinski definition) is 2. The van der Waals surface area contributed by atoms with E-state index >= 15 is 0 Å². The molecule has 0 saturated carbocycles. The van der Waals surface area contributed by atoms with E-state index in [1.807, 2.05) is 12.2 Å². The molecule has 29 heavy (non-hydrogen) atoms. The second-order valence-electron chi connectivity index (χ2n) is 6.47. The quantitative estimate of drug-likeness (QED) is 0.254. The Kier molecular flexibility index (Phi) is 20.5. The van der Waals surface area contributed by atoms with Crippen LogP contribution in [0.15, 0.2) is 72.9 Å². The minimum atomic E-state index is -0.996. The SMILES string of the molecule is CC/C=C/C/C=C/C/C=C/C/C=C/C/C=C/C/C=C/CCC(=O)OC[C@@H](O)CO. The van der Waals surface area contributed by atoms with Crippen LogP contribution in [-0.4, -0.2) is 35.5 Å². The van der Waals surface area contributed by atoms with Crippen LogP contribution in [0.1, 0.15) is 58.3 Å². The van der Waals surface area contributed by atoms with Crippen molar-refractivity contribution in [2.24, 2.45) is 0 Å². The van der Waals surface area contributed by atoms with E-state index in [9.17, 15) is 4.79 Å². The first-order valence-corrected chi connectivity index (χ1v) is 10.5. The molecular formula is C25H38O4. The maximum atomic E-state index is 11.4. The lowest BCUT2D eigenvalue weighted by Gasteiger charge is -2.07. The van der Waals surface area contributed by atoms with Gasteiger partial charge in [0.2, 0.25) is 0 Å². The van der Waals surface area contributed by atoms with Crippen LogP contribution in [0.4, 0.5) is 0 Å². The maximum absolute atomic E-state index is 11.4. The fourth-order valence-electron chi connectivity index (χ4n) is 2.15. The first-order valence-electron chi connectivity index (χ1n) is 10.5. The predicted molar refractivity (Wildman–Crippen MR) is 122 cm³/mol. The summed E-state index contributed by atoms with van der Waals surface area (Å²) in [6.45, 7) is 1.59. The summed E-state index contributed by atoms with van der Waals surface area (Å²) >= 11 is 0. The van der Waals surface area contributed by atoms with Crippen molar-refractivity contribution >= 4 is 5.97 Å². The number of carbonyl (C=O) groups is 1. The van der Waals surface area contributed by atoms with Gasteiger partial charge in [0.15, 0.2) is 0 Å². The summed E-state index contributed by atoms with van der Waals surface area (Å²) in [5.41, 5.74) is 0. The van der Waals surface area contributed by atoms with E-state index in [-0.39, 0.29) is 19.0 Å². The number of rotatable bonds is 17. The van der Waals surface area contributed by atoms with Crippen LogP contribution >= 0.6 is 0 Å². The number of aliphatic hydroxyl groups excluding tert-OH is 2. The van der Waals surface area contributed by atoms with Crippen molar-refractivity contribution in [3.63, 3.8) is 0 Å². The summed E-state index contributed by atoms with van der Waals surface area (Å²) in [5, 5.41) is 17.7. The molecule has 0 aromatic heterocycles. The molecule has 0 heterocycles. The van der Waals surface area contributed by atoms with E-state index in [0.29, 0.717) is 6.42 Å². The Morgan fingerprint density at radius 2 is 1.17 bits per heavy atom. The minimum Gasteiger partial charge on any atom is -0.463 e. The van der Waals surface area contributed by atoms with Gasteiger partial charge >= 0.3 is 5.97 Å². The van der Waals surface area contributed by atoms with Crippen molar-refractivity contribution in [3.05, 3.63) is 72.9 Å². The van der Waals surface area contributed by atoms with Crippen LogP contribution in [0, 0.1) is 0 Å². The van der Waals surface area contributed by atoms with Gasteiger partial charge in [-0.25, -0.2) is 0 Å². The number of aliphatic hydroxyl groups is 2. The summed E-state index contributed by atoms with van der Waals surface area (Å²) in [6, 6.07) is 0. The third kappa shape index (κ3) is 22.0. The van der Waals surface area contributed by atoms with Gasteiger partial charge in [-0.05, 0) is 44.9 Å². The zero-order valence-electron chi connectivity index (χ0n) is 17.8. The highest BCUT2D eigenvalue weighted by molar-refractivity contribution is 5.69. The molecule has 4 nitrogen and oxygen atoms in total. The van der Waals surface area contributed by atoms with Gasteiger partial charge in [-0.3, -0.25) is 4.79 Å². The average molecular weight is 403 g/mol. The van der Waals surface area contributed by atoms with Crippen molar-refractivity contribution in [2.45, 2.75) is 64.4 Å². The third-order valence-corrected chi connectivity index (χ3v) is 3.76. The van der Waals surface area contributed by atoms with Crippen LogP contribution in [0.5, 0.6) is 0 Å². The van der Waals surface area contributed by atoms with E-state index < -0.39 is 12.7 Å². The minimum absolute atomic E-state index is 0.154. The van der Waals surface area contributed by atoms with Gasteiger partial charge in [0.25, 0.3) is 0 Å². The summed E-state index contributed by atoms with van der Waals surface area (Å²) in [5.74, 6) is -0.364. The second-order valence-corrected chi connectivity index (χ2v) is 6.47. The van der Waals surface area contributed by atoms with Gasteiger partial charge in [-0.2, -0.15) is 0 Å². The molecule has 0 spiro atoms. The lowest BCUT2D eigenvalue weighted by atomic mass is 10.2. The highest BCUT2D eigenvalue weighted by atomic mass is 16.5.